The van der Waals surface area contributed by atoms with Crippen LogP contribution in [-0.2, 0) is 17.8 Å². The minimum atomic E-state index is 0. The highest BCUT2D eigenvalue weighted by atomic mass is 127. The Kier molecular flexibility index (Phi) is 11.7. The molecule has 0 aromatic carbocycles. The van der Waals surface area contributed by atoms with E-state index in [1.807, 2.05) is 18.3 Å². The highest BCUT2D eigenvalue weighted by molar-refractivity contribution is 14.0. The molecular weight excluding hydrogens is 541 g/mol. The van der Waals surface area contributed by atoms with Crippen molar-refractivity contribution in [3.8, 4) is 0 Å². The molecule has 3 heterocycles. The van der Waals surface area contributed by atoms with Gasteiger partial charge in [0.05, 0.1) is 12.2 Å². The van der Waals surface area contributed by atoms with Crippen LogP contribution in [0.4, 0.5) is 0 Å². The van der Waals surface area contributed by atoms with Crippen LogP contribution in [0.2, 0.25) is 0 Å². The molecule has 31 heavy (non-hydrogen) atoms. The molecule has 6 nitrogen and oxygen atoms in total. The van der Waals surface area contributed by atoms with Crippen LogP contribution >= 0.6 is 46.7 Å². The number of nitrogens with zero attached hydrogens (tertiary/aromatic N) is 4. The summed E-state index contributed by atoms with van der Waals surface area (Å²) in [6, 6.07) is 4.38. The van der Waals surface area contributed by atoms with Gasteiger partial charge in [-0.25, -0.2) is 4.98 Å². The van der Waals surface area contributed by atoms with E-state index in [0.29, 0.717) is 5.92 Å². The SMILES string of the molecule is CCNC(=NCC1CCN(Cc2cccs2)CC1)N(C)Cc1csc(C(C)OC)n1.I. The highest BCUT2D eigenvalue weighted by Gasteiger charge is 2.20. The normalized spacial score (nSPS) is 16.7. The topological polar surface area (TPSA) is 53.0 Å². The number of guanidine groups is 1. The lowest BCUT2D eigenvalue weighted by Gasteiger charge is -2.31. The maximum absolute atomic E-state index is 5.38. The highest BCUT2D eigenvalue weighted by Crippen LogP contribution is 2.22. The Bertz CT molecular complexity index is 775. The summed E-state index contributed by atoms with van der Waals surface area (Å²) in [5, 5.41) is 8.75. The summed E-state index contributed by atoms with van der Waals surface area (Å²) in [4.78, 5) is 15.9. The molecule has 2 aromatic rings. The van der Waals surface area contributed by atoms with Gasteiger partial charge in [-0.2, -0.15) is 0 Å². The van der Waals surface area contributed by atoms with Crippen molar-refractivity contribution in [2.75, 3.05) is 40.3 Å². The van der Waals surface area contributed by atoms with Crippen LogP contribution in [-0.4, -0.2) is 61.1 Å². The van der Waals surface area contributed by atoms with E-state index in [1.165, 1.54) is 30.8 Å². The molecule has 0 radical (unpaired) electrons. The number of hydrogen-bond donors (Lipinski definition) is 1. The van der Waals surface area contributed by atoms with Crippen molar-refractivity contribution < 1.29 is 4.74 Å². The number of halogens is 1. The van der Waals surface area contributed by atoms with Gasteiger partial charge in [0.15, 0.2) is 5.96 Å². The molecule has 1 atom stereocenters. The summed E-state index contributed by atoms with van der Waals surface area (Å²) in [7, 11) is 3.81. The monoisotopic (exact) mass is 577 g/mol. The van der Waals surface area contributed by atoms with Crippen LogP contribution in [0.1, 0.15) is 48.4 Å². The Morgan fingerprint density at radius 3 is 2.81 bits per heavy atom. The maximum Gasteiger partial charge on any atom is 0.194 e. The van der Waals surface area contributed by atoms with E-state index in [9.17, 15) is 0 Å². The largest absolute Gasteiger partial charge is 0.375 e. The quantitative estimate of drug-likeness (QED) is 0.263. The zero-order chi connectivity index (χ0) is 21.3. The average molecular weight is 578 g/mol. The third-order valence-electron chi connectivity index (χ3n) is 5.53. The van der Waals surface area contributed by atoms with E-state index in [4.69, 9.17) is 14.7 Å². The molecule has 1 aliphatic heterocycles. The van der Waals surface area contributed by atoms with Crippen molar-refractivity contribution in [1.29, 1.82) is 0 Å². The van der Waals surface area contributed by atoms with E-state index >= 15 is 0 Å². The van der Waals surface area contributed by atoms with Crippen molar-refractivity contribution >= 4 is 52.6 Å². The fourth-order valence-electron chi connectivity index (χ4n) is 3.64. The first-order valence-corrected chi connectivity index (χ1v) is 12.6. The van der Waals surface area contributed by atoms with Crippen LogP contribution < -0.4 is 5.32 Å². The van der Waals surface area contributed by atoms with Crippen LogP contribution in [0, 0.1) is 5.92 Å². The van der Waals surface area contributed by atoms with Gasteiger partial charge in [0.2, 0.25) is 0 Å². The number of ether oxygens (including phenoxy) is 1. The number of rotatable bonds is 9. The molecule has 0 bridgehead atoms. The number of thiazole rings is 1. The predicted octanol–water partition coefficient (Wildman–Crippen LogP) is 4.84. The first-order chi connectivity index (χ1) is 14.6. The number of likely N-dealkylation sites (tertiary alicyclic amines) is 1. The minimum Gasteiger partial charge on any atom is -0.375 e. The molecule has 1 aliphatic rings. The van der Waals surface area contributed by atoms with Crippen molar-refractivity contribution in [2.24, 2.45) is 10.9 Å². The zero-order valence-corrected chi connectivity index (χ0v) is 23.0. The third kappa shape index (κ3) is 8.27. The lowest BCUT2D eigenvalue weighted by molar-refractivity contribution is 0.119. The number of aliphatic imine (C=N–C) groups is 1. The van der Waals surface area contributed by atoms with Crippen LogP contribution in [0.25, 0.3) is 0 Å². The Hall–Kier alpha value is -0.750. The van der Waals surface area contributed by atoms with Gasteiger partial charge in [0, 0.05) is 44.0 Å². The van der Waals surface area contributed by atoms with E-state index < -0.39 is 0 Å². The molecule has 1 unspecified atom stereocenters. The van der Waals surface area contributed by atoms with Crippen molar-refractivity contribution in [2.45, 2.75) is 45.9 Å². The second-order valence-electron chi connectivity index (χ2n) is 7.90. The van der Waals surface area contributed by atoms with Gasteiger partial charge in [-0.1, -0.05) is 6.07 Å². The molecule has 2 aromatic heterocycles. The Balaban J connectivity index is 0.00000341. The lowest BCUT2D eigenvalue weighted by atomic mass is 9.97. The van der Waals surface area contributed by atoms with Gasteiger partial charge >= 0.3 is 0 Å². The van der Waals surface area contributed by atoms with Crippen molar-refractivity contribution in [1.82, 2.24) is 20.1 Å². The van der Waals surface area contributed by atoms with Crippen molar-refractivity contribution in [3.63, 3.8) is 0 Å². The first-order valence-electron chi connectivity index (χ1n) is 10.8. The average Bonchev–Trinajstić information content (AvgIpc) is 3.44. The van der Waals surface area contributed by atoms with E-state index in [1.54, 1.807) is 18.4 Å². The fourth-order valence-corrected chi connectivity index (χ4v) is 5.22. The van der Waals surface area contributed by atoms with Crippen LogP contribution in [0.3, 0.4) is 0 Å². The van der Waals surface area contributed by atoms with Crippen molar-refractivity contribution in [3.05, 3.63) is 38.5 Å². The van der Waals surface area contributed by atoms with Gasteiger partial charge in [-0.15, -0.1) is 46.7 Å². The Morgan fingerprint density at radius 2 is 2.16 bits per heavy atom. The summed E-state index contributed by atoms with van der Waals surface area (Å²) in [6.45, 7) is 10.1. The maximum atomic E-state index is 5.38. The fraction of sp³-hybridized carbons (Fsp3) is 0.636. The molecule has 1 saturated heterocycles. The molecular formula is C22H36IN5OS2. The van der Waals surface area contributed by atoms with Gasteiger partial charge in [0.25, 0.3) is 0 Å². The Morgan fingerprint density at radius 1 is 1.39 bits per heavy atom. The Labute approximate surface area is 212 Å². The second kappa shape index (κ2) is 13.7. The van der Waals surface area contributed by atoms with Crippen LogP contribution in [0.5, 0.6) is 0 Å². The van der Waals surface area contributed by atoms with Gasteiger partial charge in [-0.05, 0) is 57.1 Å². The smallest absolute Gasteiger partial charge is 0.194 e. The van der Waals surface area contributed by atoms with Gasteiger partial charge < -0.3 is 15.0 Å². The van der Waals surface area contributed by atoms with E-state index in [2.05, 4.69) is 52.0 Å². The third-order valence-corrected chi connectivity index (χ3v) is 7.45. The van der Waals surface area contributed by atoms with Gasteiger partial charge in [0.1, 0.15) is 11.1 Å². The standard InChI is InChI=1S/C22H35N5OS2.HI/c1-5-23-22(26(3)14-19-16-30-21(25-19)17(2)28-4)24-13-18-8-10-27(11-9-18)15-20-7-6-12-29-20;/h6-7,12,16-18H,5,8-11,13-15H2,1-4H3,(H,23,24);1H. The number of methoxy groups -OCH3 is 1. The summed E-state index contributed by atoms with van der Waals surface area (Å²) < 4.78 is 5.38. The number of aromatic nitrogens is 1. The molecule has 0 spiro atoms. The summed E-state index contributed by atoms with van der Waals surface area (Å²) in [6.07, 6.45) is 2.49. The van der Waals surface area contributed by atoms with Crippen LogP contribution in [0.15, 0.2) is 27.9 Å². The lowest BCUT2D eigenvalue weighted by Crippen LogP contribution is -2.39. The summed E-state index contributed by atoms with van der Waals surface area (Å²) >= 11 is 3.52. The van der Waals surface area contributed by atoms with Gasteiger partial charge in [-0.3, -0.25) is 9.89 Å². The number of nitrogens with one attached hydrogen (secondary N) is 1. The summed E-state index contributed by atoms with van der Waals surface area (Å²) in [5.74, 6) is 1.63. The number of piperidine rings is 1. The van der Waals surface area contributed by atoms with E-state index in [0.717, 1.165) is 42.8 Å². The van der Waals surface area contributed by atoms with E-state index in [-0.39, 0.29) is 30.1 Å². The zero-order valence-electron chi connectivity index (χ0n) is 19.0. The number of hydrogen-bond acceptors (Lipinski definition) is 6. The molecule has 174 valence electrons. The number of thiophene rings is 1. The second-order valence-corrected chi connectivity index (χ2v) is 9.83. The molecule has 0 aliphatic carbocycles. The molecule has 1 fully saturated rings. The molecule has 9 heteroatoms. The summed E-state index contributed by atoms with van der Waals surface area (Å²) in [5.41, 5.74) is 1.06. The minimum absolute atomic E-state index is 0. The molecule has 3 rings (SSSR count). The molecule has 0 amide bonds. The predicted molar refractivity (Wildman–Crippen MR) is 143 cm³/mol. The molecule has 1 N–H and O–H groups in total. The molecule has 0 saturated carbocycles. The first kappa shape index (κ1) is 26.5.